The second-order valence-corrected chi connectivity index (χ2v) is 6.09. The van der Waals surface area contributed by atoms with Gasteiger partial charge in [0.15, 0.2) is 0 Å². The molecule has 0 aliphatic heterocycles. The van der Waals surface area contributed by atoms with Crippen LogP contribution in [0.4, 0.5) is 5.69 Å². The molecule has 0 amide bonds. The Labute approximate surface area is 103 Å². The van der Waals surface area contributed by atoms with Gasteiger partial charge in [0, 0.05) is 12.4 Å². The first-order valence-corrected chi connectivity index (χ1v) is 7.09. The van der Waals surface area contributed by atoms with E-state index in [4.69, 9.17) is 5.11 Å². The average molecular weight is 270 g/mol. The molecule has 0 spiro atoms. The molecule has 7 heteroatoms. The van der Waals surface area contributed by atoms with Crippen molar-refractivity contribution in [1.29, 1.82) is 0 Å². The van der Waals surface area contributed by atoms with Crippen molar-refractivity contribution >= 4 is 27.0 Å². The Morgan fingerprint density at radius 2 is 2.06 bits per heavy atom. The van der Waals surface area contributed by atoms with Gasteiger partial charge >= 0.3 is 0 Å². The molecule has 0 saturated heterocycles. The summed E-state index contributed by atoms with van der Waals surface area (Å²) < 4.78 is 26.5. The van der Waals surface area contributed by atoms with Gasteiger partial charge in [0.2, 0.25) is 0 Å². The molecule has 0 saturated carbocycles. The Kier molecular flexibility index (Phi) is 3.41. The minimum absolute atomic E-state index is 0.165. The van der Waals surface area contributed by atoms with Gasteiger partial charge in [-0.3, -0.25) is 9.71 Å². The van der Waals surface area contributed by atoms with Crippen LogP contribution in [0.1, 0.15) is 5.56 Å². The van der Waals surface area contributed by atoms with E-state index in [0.29, 0.717) is 11.3 Å². The second-order valence-electron chi connectivity index (χ2n) is 3.27. The van der Waals surface area contributed by atoms with Gasteiger partial charge in [-0.15, -0.1) is 11.3 Å². The third kappa shape index (κ3) is 2.82. The fraction of sp³-hybridized carbons (Fsp3) is 0.100. The summed E-state index contributed by atoms with van der Waals surface area (Å²) in [5, 5.41) is 10.5. The Morgan fingerprint density at radius 3 is 2.65 bits per heavy atom. The first-order chi connectivity index (χ1) is 8.12. The Bertz CT molecular complexity index is 593. The molecular weight excluding hydrogens is 260 g/mol. The van der Waals surface area contributed by atoms with E-state index in [0.717, 1.165) is 11.3 Å². The number of aromatic nitrogens is 1. The number of hydrogen-bond donors (Lipinski definition) is 2. The van der Waals surface area contributed by atoms with Gasteiger partial charge in [-0.2, -0.15) is 0 Å². The molecule has 0 aromatic carbocycles. The van der Waals surface area contributed by atoms with E-state index < -0.39 is 10.0 Å². The van der Waals surface area contributed by atoms with Crippen LogP contribution in [0.25, 0.3) is 0 Å². The average Bonchev–Trinajstić information content (AvgIpc) is 2.79. The summed E-state index contributed by atoms with van der Waals surface area (Å²) in [6.45, 7) is -0.165. The maximum atomic E-state index is 11.9. The van der Waals surface area contributed by atoms with Crippen molar-refractivity contribution in [1.82, 2.24) is 4.98 Å². The number of hydrogen-bond acceptors (Lipinski definition) is 5. The summed E-state index contributed by atoms with van der Waals surface area (Å²) in [5.41, 5.74) is 1.05. The van der Waals surface area contributed by atoms with Crippen LogP contribution in [-0.2, 0) is 16.6 Å². The molecule has 0 aliphatic rings. The normalized spacial score (nSPS) is 11.4. The van der Waals surface area contributed by atoms with Crippen LogP contribution in [0, 0.1) is 0 Å². The Morgan fingerprint density at radius 1 is 1.35 bits per heavy atom. The summed E-state index contributed by atoms with van der Waals surface area (Å²) in [6.07, 6.45) is 3.01. The first-order valence-electron chi connectivity index (χ1n) is 4.73. The second kappa shape index (κ2) is 4.82. The zero-order valence-electron chi connectivity index (χ0n) is 8.70. The highest BCUT2D eigenvalue weighted by Crippen LogP contribution is 2.22. The fourth-order valence-electron chi connectivity index (χ4n) is 1.20. The van der Waals surface area contributed by atoms with Crippen LogP contribution in [0.15, 0.2) is 40.2 Å². The predicted molar refractivity (Wildman–Crippen MR) is 65.3 cm³/mol. The number of nitrogens with zero attached hydrogens (tertiary/aromatic N) is 1. The van der Waals surface area contributed by atoms with Crippen LogP contribution in [0.3, 0.4) is 0 Å². The molecular formula is C10H10N2O3S2. The van der Waals surface area contributed by atoms with Crippen molar-refractivity contribution in [2.24, 2.45) is 0 Å². The lowest BCUT2D eigenvalue weighted by atomic mass is 10.4. The van der Waals surface area contributed by atoms with Crippen LogP contribution in [-0.4, -0.2) is 18.5 Å². The number of aliphatic hydroxyl groups is 1. The maximum Gasteiger partial charge on any atom is 0.271 e. The molecule has 2 aromatic rings. The topological polar surface area (TPSA) is 79.3 Å². The molecule has 17 heavy (non-hydrogen) atoms. The van der Waals surface area contributed by atoms with Crippen molar-refractivity contribution in [2.75, 3.05) is 4.72 Å². The largest absolute Gasteiger partial charge is 0.392 e. The van der Waals surface area contributed by atoms with Crippen molar-refractivity contribution in [3.05, 3.63) is 41.5 Å². The molecule has 90 valence electrons. The van der Waals surface area contributed by atoms with E-state index in [-0.39, 0.29) is 10.8 Å². The molecule has 2 heterocycles. The Balaban J connectivity index is 2.25. The predicted octanol–water partition coefficient (Wildman–Crippen LogP) is 1.44. The highest BCUT2D eigenvalue weighted by atomic mass is 32.2. The fourth-order valence-corrected chi connectivity index (χ4v) is 3.46. The molecule has 2 N–H and O–H groups in total. The van der Waals surface area contributed by atoms with Gasteiger partial charge in [-0.05, 0) is 29.1 Å². The molecule has 0 fully saturated rings. The molecule has 0 aliphatic carbocycles. The zero-order valence-corrected chi connectivity index (χ0v) is 10.3. The van der Waals surface area contributed by atoms with Crippen molar-refractivity contribution in [3.8, 4) is 0 Å². The zero-order chi connectivity index (χ0) is 12.3. The Hall–Kier alpha value is -1.44. The smallest absolute Gasteiger partial charge is 0.271 e. The van der Waals surface area contributed by atoms with Crippen molar-refractivity contribution in [2.45, 2.75) is 10.8 Å². The third-order valence-corrected chi connectivity index (χ3v) is 4.88. The molecule has 2 rings (SSSR count). The molecule has 0 bridgehead atoms. The van der Waals surface area contributed by atoms with Gasteiger partial charge in [0.1, 0.15) is 4.21 Å². The van der Waals surface area contributed by atoms with Gasteiger partial charge in [-0.25, -0.2) is 8.42 Å². The highest BCUT2D eigenvalue weighted by Gasteiger charge is 2.16. The monoisotopic (exact) mass is 270 g/mol. The van der Waals surface area contributed by atoms with Crippen LogP contribution in [0.2, 0.25) is 0 Å². The number of pyridine rings is 1. The molecule has 0 atom stereocenters. The highest BCUT2D eigenvalue weighted by molar-refractivity contribution is 7.94. The van der Waals surface area contributed by atoms with E-state index >= 15 is 0 Å². The first kappa shape index (κ1) is 12.0. The van der Waals surface area contributed by atoms with Crippen LogP contribution < -0.4 is 4.72 Å². The summed E-state index contributed by atoms with van der Waals surface area (Å²) in [5.74, 6) is 0. The summed E-state index contributed by atoms with van der Waals surface area (Å²) in [7, 11) is -3.57. The van der Waals surface area contributed by atoms with Gasteiger partial charge in [0.25, 0.3) is 10.0 Å². The number of nitrogens with one attached hydrogen (secondary N) is 1. The molecule has 0 radical (unpaired) electrons. The lowest BCUT2D eigenvalue weighted by Gasteiger charge is -2.04. The van der Waals surface area contributed by atoms with Gasteiger partial charge in [-0.1, -0.05) is 0 Å². The van der Waals surface area contributed by atoms with Crippen LogP contribution >= 0.6 is 11.3 Å². The quantitative estimate of drug-likeness (QED) is 0.881. The minimum Gasteiger partial charge on any atom is -0.392 e. The van der Waals surface area contributed by atoms with E-state index in [1.54, 1.807) is 17.5 Å². The number of sulfonamides is 1. The molecule has 2 aromatic heterocycles. The minimum atomic E-state index is -3.57. The van der Waals surface area contributed by atoms with E-state index in [1.165, 1.54) is 18.5 Å². The maximum absolute atomic E-state index is 11.9. The number of anilines is 1. The number of aliphatic hydroxyl groups excluding tert-OH is 1. The van der Waals surface area contributed by atoms with Crippen LogP contribution in [0.5, 0.6) is 0 Å². The standard InChI is InChI=1S/C10H10N2O3S2/c13-6-8-5-10(16-7-8)17(14,15)12-9-1-3-11-4-2-9/h1-5,7,13H,6H2,(H,11,12). The van der Waals surface area contributed by atoms with E-state index in [9.17, 15) is 8.42 Å². The van der Waals surface area contributed by atoms with Crippen molar-refractivity contribution < 1.29 is 13.5 Å². The van der Waals surface area contributed by atoms with Crippen molar-refractivity contribution in [3.63, 3.8) is 0 Å². The summed E-state index contributed by atoms with van der Waals surface area (Å²) in [6, 6.07) is 4.59. The van der Waals surface area contributed by atoms with E-state index in [2.05, 4.69) is 9.71 Å². The summed E-state index contributed by atoms with van der Waals surface area (Å²) >= 11 is 1.07. The number of rotatable bonds is 4. The SMILES string of the molecule is O=S(=O)(Nc1ccncc1)c1cc(CO)cs1. The third-order valence-electron chi connectivity index (χ3n) is 2.01. The molecule has 0 unspecified atom stereocenters. The summed E-state index contributed by atoms with van der Waals surface area (Å²) in [4.78, 5) is 3.80. The lowest BCUT2D eigenvalue weighted by Crippen LogP contribution is -2.11. The number of thiophene rings is 1. The van der Waals surface area contributed by atoms with E-state index in [1.807, 2.05) is 0 Å². The van der Waals surface area contributed by atoms with Gasteiger partial charge < -0.3 is 5.11 Å². The molecule has 5 nitrogen and oxygen atoms in total. The van der Waals surface area contributed by atoms with Gasteiger partial charge in [0.05, 0.1) is 12.3 Å². The lowest BCUT2D eigenvalue weighted by molar-refractivity contribution is 0.282.